The Morgan fingerprint density at radius 2 is 1.91 bits per heavy atom. The molecule has 0 aromatic carbocycles. The fraction of sp³-hybridized carbons (Fsp3) is 0.741. The van der Waals surface area contributed by atoms with Crippen molar-refractivity contribution in [1.82, 2.24) is 0 Å². The van der Waals surface area contributed by atoms with Crippen LogP contribution < -0.4 is 0 Å². The van der Waals surface area contributed by atoms with Gasteiger partial charge in [0, 0.05) is 11.3 Å². The van der Waals surface area contributed by atoms with Crippen LogP contribution in [0, 0.1) is 39.9 Å². The molecule has 1 N–H and O–H groups in total. The van der Waals surface area contributed by atoms with Crippen LogP contribution in [-0.4, -0.2) is 40.2 Å². The molecule has 0 aromatic heterocycles. The number of rotatable bonds is 3. The molecule has 8 atom stereocenters. The zero-order valence-corrected chi connectivity index (χ0v) is 21.4. The number of alkyl halides is 1. The van der Waals surface area contributed by atoms with E-state index in [-0.39, 0.29) is 47.8 Å². The molecular formula is C27H37ClO5. The Labute approximate surface area is 202 Å². The molecule has 0 bridgehead atoms. The summed E-state index contributed by atoms with van der Waals surface area (Å²) in [7, 11) is 0. The maximum absolute atomic E-state index is 13.4. The SMILES string of the molecule is C[C@@H]1C[C@H]2[C@@H]3CCC4=CC(=O)C=C[C@]4(C)[C@@]3(Cl)[C@@H](O)C[C@]2(C)[C@H]1C(=O)COC(=O)C(C)(C)C. The number of ketones is 2. The van der Waals surface area contributed by atoms with Crippen LogP contribution in [0.15, 0.2) is 23.8 Å². The molecule has 0 unspecified atom stereocenters. The number of hydrogen-bond acceptors (Lipinski definition) is 5. The number of aliphatic hydroxyl groups excluding tert-OH is 1. The number of allylic oxidation sites excluding steroid dienone is 4. The van der Waals surface area contributed by atoms with Crippen LogP contribution in [0.4, 0.5) is 0 Å². The summed E-state index contributed by atoms with van der Waals surface area (Å²) in [5.74, 6) is -0.466. The second-order valence-electron chi connectivity index (χ2n) is 12.3. The van der Waals surface area contributed by atoms with Gasteiger partial charge in [-0.3, -0.25) is 14.4 Å². The molecule has 0 saturated heterocycles. The highest BCUT2D eigenvalue weighted by atomic mass is 35.5. The molecule has 0 aliphatic heterocycles. The van der Waals surface area contributed by atoms with Gasteiger partial charge < -0.3 is 9.84 Å². The molecular weight excluding hydrogens is 440 g/mol. The summed E-state index contributed by atoms with van der Waals surface area (Å²) in [4.78, 5) is 36.7. The fourth-order valence-electron chi connectivity index (χ4n) is 7.71. The van der Waals surface area contributed by atoms with E-state index in [4.69, 9.17) is 16.3 Å². The third-order valence-electron chi connectivity index (χ3n) is 9.29. The summed E-state index contributed by atoms with van der Waals surface area (Å²) < 4.78 is 5.38. The number of carbonyl (C=O) groups is 3. The monoisotopic (exact) mass is 476 g/mol. The lowest BCUT2D eigenvalue weighted by molar-refractivity contribution is -0.159. The van der Waals surface area contributed by atoms with Crippen molar-refractivity contribution >= 4 is 29.1 Å². The first-order chi connectivity index (χ1) is 15.2. The van der Waals surface area contributed by atoms with Gasteiger partial charge in [0.1, 0.15) is 6.61 Å². The summed E-state index contributed by atoms with van der Waals surface area (Å²) in [5.41, 5.74) is -0.680. The number of fused-ring (bicyclic) bond motifs is 5. The molecule has 0 aromatic rings. The van der Waals surface area contributed by atoms with Crippen LogP contribution in [0.1, 0.15) is 67.2 Å². The first kappa shape index (κ1) is 24.7. The van der Waals surface area contributed by atoms with Crippen LogP contribution in [0.5, 0.6) is 0 Å². The number of ether oxygens (including phenoxy) is 1. The van der Waals surface area contributed by atoms with E-state index in [1.54, 1.807) is 32.9 Å². The minimum absolute atomic E-state index is 0.0188. The Hall–Kier alpha value is -1.46. The van der Waals surface area contributed by atoms with Crippen LogP contribution in [0.25, 0.3) is 0 Å². The smallest absolute Gasteiger partial charge is 0.311 e. The van der Waals surface area contributed by atoms with Crippen molar-refractivity contribution in [2.24, 2.45) is 39.9 Å². The van der Waals surface area contributed by atoms with E-state index in [1.165, 1.54) is 0 Å². The van der Waals surface area contributed by atoms with Crippen LogP contribution in [0.2, 0.25) is 0 Å². The molecule has 3 saturated carbocycles. The minimum atomic E-state index is -0.922. The molecule has 4 aliphatic rings. The van der Waals surface area contributed by atoms with Crippen molar-refractivity contribution < 1.29 is 24.2 Å². The second-order valence-corrected chi connectivity index (χ2v) is 13.0. The Kier molecular flexibility index (Phi) is 5.81. The number of carbonyl (C=O) groups excluding carboxylic acids is 3. The second kappa shape index (κ2) is 7.78. The molecule has 4 rings (SSSR count). The van der Waals surface area contributed by atoms with Crippen molar-refractivity contribution in [2.45, 2.75) is 78.2 Å². The molecule has 182 valence electrons. The van der Waals surface area contributed by atoms with E-state index in [1.807, 2.05) is 13.0 Å². The zero-order chi connectivity index (χ0) is 24.6. The standard InChI is InChI=1S/C27H37ClO5/c1-15-11-19-18-8-7-16-12-17(29)9-10-26(16,6)27(18,28)21(31)13-25(19,5)22(15)20(30)14-33-23(32)24(2,3)4/h9-10,12,15,18-19,21-22,31H,7-8,11,13-14H2,1-6H3/t15-,18+,19+,21+,22-,25+,26+,27+/m1/s1. The molecule has 4 aliphatic carbocycles. The van der Waals surface area contributed by atoms with E-state index in [0.29, 0.717) is 6.42 Å². The highest BCUT2D eigenvalue weighted by Crippen LogP contribution is 2.70. The lowest BCUT2D eigenvalue weighted by Gasteiger charge is -2.63. The maximum Gasteiger partial charge on any atom is 0.311 e. The number of esters is 1. The van der Waals surface area contributed by atoms with Crippen molar-refractivity contribution in [1.29, 1.82) is 0 Å². The fourth-order valence-corrected chi connectivity index (χ4v) is 8.23. The number of Topliss-reactive ketones (excluding diaryl/α,β-unsaturated/α-hetero) is 1. The van der Waals surface area contributed by atoms with Gasteiger partial charge in [0.15, 0.2) is 11.6 Å². The minimum Gasteiger partial charge on any atom is -0.457 e. The molecule has 0 radical (unpaired) electrons. The molecule has 33 heavy (non-hydrogen) atoms. The topological polar surface area (TPSA) is 80.7 Å². The molecule has 0 spiro atoms. The van der Waals surface area contributed by atoms with Gasteiger partial charge in [-0.15, -0.1) is 11.6 Å². The highest BCUT2D eigenvalue weighted by Gasteiger charge is 2.70. The summed E-state index contributed by atoms with van der Waals surface area (Å²) in [5, 5.41) is 11.6. The Balaban J connectivity index is 1.64. The van der Waals surface area contributed by atoms with Gasteiger partial charge in [0.05, 0.1) is 16.4 Å². The maximum atomic E-state index is 13.4. The first-order valence-electron chi connectivity index (χ1n) is 12.2. The van der Waals surface area contributed by atoms with Crippen molar-refractivity contribution in [2.75, 3.05) is 6.61 Å². The highest BCUT2D eigenvalue weighted by molar-refractivity contribution is 6.26. The van der Waals surface area contributed by atoms with E-state index < -0.39 is 27.2 Å². The third kappa shape index (κ3) is 3.48. The Morgan fingerprint density at radius 3 is 2.55 bits per heavy atom. The van der Waals surface area contributed by atoms with Gasteiger partial charge in [0.2, 0.25) is 0 Å². The summed E-state index contributed by atoms with van der Waals surface area (Å²) in [6, 6.07) is 0. The molecule has 3 fully saturated rings. The van der Waals surface area contributed by atoms with Gasteiger partial charge in [-0.1, -0.05) is 32.4 Å². The number of hydrogen-bond donors (Lipinski definition) is 1. The normalized spacial score (nSPS) is 44.4. The van der Waals surface area contributed by atoms with Gasteiger partial charge in [-0.25, -0.2) is 0 Å². The van der Waals surface area contributed by atoms with Crippen molar-refractivity contribution in [3.05, 3.63) is 23.8 Å². The largest absolute Gasteiger partial charge is 0.457 e. The summed E-state index contributed by atoms with van der Waals surface area (Å²) in [6.45, 7) is 11.3. The van der Waals surface area contributed by atoms with Crippen LogP contribution >= 0.6 is 11.6 Å². The van der Waals surface area contributed by atoms with Crippen LogP contribution in [0.3, 0.4) is 0 Å². The number of halogens is 1. The van der Waals surface area contributed by atoms with Gasteiger partial charge in [0.25, 0.3) is 0 Å². The van der Waals surface area contributed by atoms with Crippen molar-refractivity contribution in [3.8, 4) is 0 Å². The predicted molar refractivity (Wildman–Crippen MR) is 127 cm³/mol. The predicted octanol–water partition coefficient (Wildman–Crippen LogP) is 4.65. The van der Waals surface area contributed by atoms with E-state index in [0.717, 1.165) is 24.8 Å². The Morgan fingerprint density at radius 1 is 1.24 bits per heavy atom. The van der Waals surface area contributed by atoms with Crippen molar-refractivity contribution in [3.63, 3.8) is 0 Å². The van der Waals surface area contributed by atoms with Gasteiger partial charge in [-0.05, 0) is 81.8 Å². The van der Waals surface area contributed by atoms with Gasteiger partial charge >= 0.3 is 5.97 Å². The average molecular weight is 477 g/mol. The molecule has 6 heteroatoms. The third-order valence-corrected chi connectivity index (χ3v) is 10.2. The van der Waals surface area contributed by atoms with E-state index in [9.17, 15) is 19.5 Å². The molecule has 0 amide bonds. The number of aliphatic hydroxyl groups is 1. The average Bonchev–Trinajstić information content (AvgIpc) is 2.96. The molecule has 5 nitrogen and oxygen atoms in total. The van der Waals surface area contributed by atoms with E-state index in [2.05, 4.69) is 13.8 Å². The molecule has 0 heterocycles. The van der Waals surface area contributed by atoms with Crippen LogP contribution in [-0.2, 0) is 19.1 Å². The zero-order valence-electron chi connectivity index (χ0n) is 20.6. The first-order valence-corrected chi connectivity index (χ1v) is 12.5. The summed E-state index contributed by atoms with van der Waals surface area (Å²) in [6.07, 6.45) is 7.15. The lowest BCUT2D eigenvalue weighted by atomic mass is 9.46. The Bertz CT molecular complexity index is 945. The quantitative estimate of drug-likeness (QED) is 0.473. The lowest BCUT2D eigenvalue weighted by Crippen LogP contribution is -2.66. The van der Waals surface area contributed by atoms with Gasteiger partial charge in [-0.2, -0.15) is 0 Å². The summed E-state index contributed by atoms with van der Waals surface area (Å²) >= 11 is 7.44. The van der Waals surface area contributed by atoms with E-state index >= 15 is 0 Å².